The van der Waals surface area contributed by atoms with Crippen LogP contribution in [0.1, 0.15) is 0 Å². The molecule has 0 aliphatic heterocycles. The second kappa shape index (κ2) is 3.56. The van der Waals surface area contributed by atoms with E-state index in [1.807, 2.05) is 12.1 Å². The van der Waals surface area contributed by atoms with Crippen LogP contribution in [-0.4, -0.2) is 10.1 Å². The van der Waals surface area contributed by atoms with Crippen LogP contribution in [-0.2, 0) is 0 Å². The minimum absolute atomic E-state index is 0.346. The van der Waals surface area contributed by atoms with Crippen molar-refractivity contribution in [3.63, 3.8) is 0 Å². The summed E-state index contributed by atoms with van der Waals surface area (Å²) < 4.78 is 1.99. The van der Waals surface area contributed by atoms with Crippen LogP contribution in [0.2, 0.25) is 0 Å². The summed E-state index contributed by atoms with van der Waals surface area (Å²) in [5, 5.41) is 11.6. The third kappa shape index (κ3) is 1.61. The maximum absolute atomic E-state index is 9.74. The van der Waals surface area contributed by atoms with E-state index in [0.717, 1.165) is 17.9 Å². The number of phenols is 1. The summed E-state index contributed by atoms with van der Waals surface area (Å²) in [6, 6.07) is 3.77. The van der Waals surface area contributed by atoms with Crippen LogP contribution in [0.25, 0.3) is 10.8 Å². The van der Waals surface area contributed by atoms with Crippen LogP contribution in [0.3, 0.4) is 0 Å². The van der Waals surface area contributed by atoms with Crippen molar-refractivity contribution in [2.45, 2.75) is 0 Å². The number of hydrogen-bond acceptors (Lipinski definition) is 2. The van der Waals surface area contributed by atoms with Gasteiger partial charge in [-0.2, -0.15) is 0 Å². The molecule has 1 aromatic heterocycles. The molecular formula is C9H5I2NO. The number of pyridine rings is 1. The van der Waals surface area contributed by atoms with Crippen LogP contribution < -0.4 is 0 Å². The Morgan fingerprint density at radius 3 is 2.69 bits per heavy atom. The van der Waals surface area contributed by atoms with Gasteiger partial charge in [-0.25, -0.2) is 0 Å². The first-order valence-corrected chi connectivity index (χ1v) is 5.76. The first-order valence-electron chi connectivity index (χ1n) is 3.61. The van der Waals surface area contributed by atoms with Gasteiger partial charge >= 0.3 is 0 Å². The molecule has 1 aromatic carbocycles. The van der Waals surface area contributed by atoms with Gasteiger partial charge in [-0.1, -0.05) is 0 Å². The van der Waals surface area contributed by atoms with Crippen molar-refractivity contribution >= 4 is 56.0 Å². The number of fused-ring (bicyclic) bond motifs is 1. The second-order valence-electron chi connectivity index (χ2n) is 2.61. The van der Waals surface area contributed by atoms with Crippen molar-refractivity contribution in [3.8, 4) is 5.75 Å². The van der Waals surface area contributed by atoms with Gasteiger partial charge in [-0.15, -0.1) is 0 Å². The van der Waals surface area contributed by atoms with Gasteiger partial charge in [0.2, 0.25) is 0 Å². The summed E-state index contributed by atoms with van der Waals surface area (Å²) in [7, 11) is 0. The average Bonchev–Trinajstić information content (AvgIpc) is 2.15. The Morgan fingerprint density at radius 2 is 1.92 bits per heavy atom. The summed E-state index contributed by atoms with van der Waals surface area (Å²) >= 11 is 4.37. The molecule has 4 heteroatoms. The molecule has 1 N–H and O–H groups in total. The number of halogens is 2. The van der Waals surface area contributed by atoms with Crippen molar-refractivity contribution in [1.29, 1.82) is 0 Å². The van der Waals surface area contributed by atoms with E-state index in [2.05, 4.69) is 50.2 Å². The quantitative estimate of drug-likeness (QED) is 0.694. The molecule has 2 aromatic rings. The smallest absolute Gasteiger partial charge is 0.136 e. The molecule has 0 unspecified atom stereocenters. The molecule has 0 saturated carbocycles. The lowest BCUT2D eigenvalue weighted by atomic mass is 10.2. The molecule has 0 aliphatic rings. The minimum atomic E-state index is 0.346. The van der Waals surface area contributed by atoms with E-state index in [1.165, 1.54) is 0 Å². The Hall–Kier alpha value is -0.110. The van der Waals surface area contributed by atoms with E-state index in [9.17, 15) is 5.11 Å². The van der Waals surface area contributed by atoms with E-state index in [4.69, 9.17) is 0 Å². The van der Waals surface area contributed by atoms with E-state index in [1.54, 1.807) is 12.4 Å². The average molecular weight is 397 g/mol. The minimum Gasteiger partial charge on any atom is -0.506 e. The molecular weight excluding hydrogens is 392 g/mol. The molecule has 0 fully saturated rings. The van der Waals surface area contributed by atoms with Gasteiger partial charge in [-0.05, 0) is 57.3 Å². The fraction of sp³-hybridized carbons (Fsp3) is 0. The maximum Gasteiger partial charge on any atom is 0.136 e. The van der Waals surface area contributed by atoms with Gasteiger partial charge in [0.15, 0.2) is 0 Å². The number of benzene rings is 1. The lowest BCUT2D eigenvalue weighted by Crippen LogP contribution is -1.83. The maximum atomic E-state index is 9.74. The van der Waals surface area contributed by atoms with Gasteiger partial charge in [0.25, 0.3) is 0 Å². The molecule has 2 rings (SSSR count). The predicted octanol–water partition coefficient (Wildman–Crippen LogP) is 3.15. The molecule has 1 heterocycles. The fourth-order valence-electron chi connectivity index (χ4n) is 1.18. The van der Waals surface area contributed by atoms with Crippen LogP contribution in [0.15, 0.2) is 24.5 Å². The van der Waals surface area contributed by atoms with Gasteiger partial charge < -0.3 is 5.11 Å². The highest BCUT2D eigenvalue weighted by molar-refractivity contribution is 14.1. The summed E-state index contributed by atoms with van der Waals surface area (Å²) in [6.07, 6.45) is 3.46. The SMILES string of the molecule is Oc1c(I)cc(I)c2cnccc12. The van der Waals surface area contributed by atoms with Gasteiger partial charge in [-0.3, -0.25) is 4.98 Å². The first kappa shape index (κ1) is 9.45. The molecule has 0 saturated heterocycles. The molecule has 0 aliphatic carbocycles. The number of aromatic hydroxyl groups is 1. The van der Waals surface area contributed by atoms with Crippen molar-refractivity contribution in [2.75, 3.05) is 0 Å². The standard InChI is InChI=1S/C9H5I2NO/c10-7-3-8(11)9(13)5-1-2-12-4-6(5)7/h1-4,13H. The lowest BCUT2D eigenvalue weighted by Gasteiger charge is -2.04. The van der Waals surface area contributed by atoms with Crippen molar-refractivity contribution in [1.82, 2.24) is 4.98 Å². The summed E-state index contributed by atoms with van der Waals surface area (Å²) in [6.45, 7) is 0. The van der Waals surface area contributed by atoms with Crippen LogP contribution >= 0.6 is 45.2 Å². The molecule has 0 bridgehead atoms. The Morgan fingerprint density at radius 1 is 1.15 bits per heavy atom. The van der Waals surface area contributed by atoms with Crippen molar-refractivity contribution in [2.24, 2.45) is 0 Å². The van der Waals surface area contributed by atoms with Crippen LogP contribution in [0.4, 0.5) is 0 Å². The number of phenolic OH excluding ortho intramolecular Hbond substituents is 1. The molecule has 66 valence electrons. The van der Waals surface area contributed by atoms with Gasteiger partial charge in [0.05, 0.1) is 3.57 Å². The molecule has 0 atom stereocenters. The molecule has 13 heavy (non-hydrogen) atoms. The summed E-state index contributed by atoms with van der Waals surface area (Å²) in [4.78, 5) is 4.03. The Bertz CT molecular complexity index is 470. The lowest BCUT2D eigenvalue weighted by molar-refractivity contribution is 0.478. The van der Waals surface area contributed by atoms with Gasteiger partial charge in [0.1, 0.15) is 5.75 Å². The Balaban J connectivity index is 2.97. The van der Waals surface area contributed by atoms with E-state index in [-0.39, 0.29) is 0 Å². The zero-order valence-electron chi connectivity index (χ0n) is 6.46. The Kier molecular flexibility index (Phi) is 2.59. The highest BCUT2D eigenvalue weighted by atomic mass is 127. The fourth-order valence-corrected chi connectivity index (χ4v) is 3.12. The largest absolute Gasteiger partial charge is 0.506 e. The number of rotatable bonds is 0. The van der Waals surface area contributed by atoms with Crippen molar-refractivity contribution < 1.29 is 5.11 Å². The third-order valence-corrected chi connectivity index (χ3v) is 3.53. The second-order valence-corrected chi connectivity index (χ2v) is 4.93. The highest BCUT2D eigenvalue weighted by Crippen LogP contribution is 2.32. The van der Waals surface area contributed by atoms with Crippen LogP contribution in [0.5, 0.6) is 5.75 Å². The van der Waals surface area contributed by atoms with E-state index in [0.29, 0.717) is 5.75 Å². The number of nitrogens with zero attached hydrogens (tertiary/aromatic N) is 1. The molecule has 0 spiro atoms. The molecule has 0 radical (unpaired) electrons. The monoisotopic (exact) mass is 397 g/mol. The first-order chi connectivity index (χ1) is 6.20. The van der Waals surface area contributed by atoms with Gasteiger partial charge in [0, 0.05) is 26.7 Å². The van der Waals surface area contributed by atoms with E-state index < -0.39 is 0 Å². The summed E-state index contributed by atoms with van der Waals surface area (Å²) in [5.41, 5.74) is 0. The zero-order chi connectivity index (χ0) is 9.42. The zero-order valence-corrected chi connectivity index (χ0v) is 10.8. The normalized spacial score (nSPS) is 10.6. The predicted molar refractivity (Wildman–Crippen MR) is 68.8 cm³/mol. The Labute approximate surface area is 103 Å². The molecule has 0 amide bonds. The summed E-state index contributed by atoms with van der Waals surface area (Å²) in [5.74, 6) is 0.346. The van der Waals surface area contributed by atoms with Crippen LogP contribution in [0, 0.1) is 7.14 Å². The van der Waals surface area contributed by atoms with Crippen molar-refractivity contribution in [3.05, 3.63) is 31.7 Å². The number of aromatic nitrogens is 1. The highest BCUT2D eigenvalue weighted by Gasteiger charge is 2.07. The topological polar surface area (TPSA) is 33.1 Å². The van der Waals surface area contributed by atoms with E-state index >= 15 is 0 Å². The number of hydrogen-bond donors (Lipinski definition) is 1. The molecule has 2 nitrogen and oxygen atoms in total. The third-order valence-electron chi connectivity index (χ3n) is 1.81.